The Bertz CT molecular complexity index is 1780. The standard InChI is InChI=1S/C33H39FN4O8S2/c1-33(10-11-33)17-38(48(41,42)21-8-9-23-27(13-21)47-31(36-23)35-20-6-7-20)14-25(39)24(12-18-2-4-19(34)5-3-18)37-32(40)46-28-22-15-43-30-29(22)45-26(28)16-44-30/h2-5,8-9,13,20,22,24-26,28-30,39H,6-7,10-12,14-17H2,1H3,(H,35,36)(H,37,40)/t22?,24-,25+,26?,28?,29?,30?/m0/s1. The van der Waals surface area contributed by atoms with E-state index in [-0.39, 0.29) is 48.4 Å². The zero-order chi connectivity index (χ0) is 33.2. The molecular weight excluding hydrogens is 664 g/mol. The van der Waals surface area contributed by atoms with Gasteiger partial charge in [-0.05, 0) is 73.4 Å². The number of fused-ring (bicyclic) bond motifs is 2. The first kappa shape index (κ1) is 32.3. The Hall–Kier alpha value is -2.92. The van der Waals surface area contributed by atoms with Crippen molar-refractivity contribution in [3.63, 3.8) is 0 Å². The van der Waals surface area contributed by atoms with E-state index >= 15 is 0 Å². The molecule has 0 spiro atoms. The van der Waals surface area contributed by atoms with Crippen molar-refractivity contribution >= 4 is 42.8 Å². The van der Waals surface area contributed by atoms with Crippen LogP contribution in [0.3, 0.4) is 0 Å². The molecule has 2 bridgehead atoms. The number of carbonyl (C=O) groups excluding carboxylic acids is 1. The minimum atomic E-state index is -4.06. The zero-order valence-electron chi connectivity index (χ0n) is 26.4. The summed E-state index contributed by atoms with van der Waals surface area (Å²) in [6, 6.07) is 10.1. The Morgan fingerprint density at radius 3 is 2.71 bits per heavy atom. The van der Waals surface area contributed by atoms with Gasteiger partial charge in [-0.15, -0.1) is 0 Å². The number of nitrogens with zero attached hydrogens (tertiary/aromatic N) is 2. The lowest BCUT2D eigenvalue weighted by atomic mass is 9.99. The highest BCUT2D eigenvalue weighted by atomic mass is 32.2. The molecule has 0 radical (unpaired) electrons. The summed E-state index contributed by atoms with van der Waals surface area (Å²) in [5.74, 6) is -0.594. The Labute approximate surface area is 281 Å². The fraction of sp³-hybridized carbons (Fsp3) is 0.576. The molecule has 12 nitrogen and oxygen atoms in total. The number of benzene rings is 2. The molecule has 3 aliphatic heterocycles. The van der Waals surface area contributed by atoms with Crippen LogP contribution in [0.15, 0.2) is 47.4 Å². The zero-order valence-corrected chi connectivity index (χ0v) is 28.1. The summed E-state index contributed by atoms with van der Waals surface area (Å²) < 4.78 is 67.4. The van der Waals surface area contributed by atoms with Gasteiger partial charge >= 0.3 is 6.09 Å². The molecule has 48 heavy (non-hydrogen) atoms. The van der Waals surface area contributed by atoms with Gasteiger partial charge in [0.25, 0.3) is 0 Å². The van der Waals surface area contributed by atoms with Crippen LogP contribution >= 0.6 is 11.3 Å². The first-order valence-corrected chi connectivity index (χ1v) is 18.7. The van der Waals surface area contributed by atoms with Gasteiger partial charge in [0.05, 0.1) is 46.4 Å². The van der Waals surface area contributed by atoms with Gasteiger partial charge in [-0.25, -0.2) is 22.6 Å². The van der Waals surface area contributed by atoms with Crippen LogP contribution in [0.4, 0.5) is 14.3 Å². The fourth-order valence-electron chi connectivity index (χ4n) is 6.76. The van der Waals surface area contributed by atoms with E-state index in [1.165, 1.54) is 27.8 Å². The molecule has 258 valence electrons. The number of anilines is 1. The number of aliphatic hydroxyl groups is 1. The van der Waals surface area contributed by atoms with Crippen molar-refractivity contribution in [2.24, 2.45) is 11.3 Å². The molecule has 4 heterocycles. The minimum absolute atomic E-state index is 0.107. The van der Waals surface area contributed by atoms with E-state index in [0.29, 0.717) is 23.7 Å². The number of rotatable bonds is 13. The van der Waals surface area contributed by atoms with Crippen LogP contribution in [0.25, 0.3) is 10.2 Å². The second kappa shape index (κ2) is 12.4. The molecule has 2 saturated carbocycles. The van der Waals surface area contributed by atoms with E-state index in [0.717, 1.165) is 35.5 Å². The number of hydrogen-bond donors (Lipinski definition) is 3. The number of aromatic nitrogens is 1. The van der Waals surface area contributed by atoms with Crippen LogP contribution in [0.2, 0.25) is 0 Å². The van der Waals surface area contributed by atoms with E-state index in [4.69, 9.17) is 18.9 Å². The monoisotopic (exact) mass is 702 g/mol. The van der Waals surface area contributed by atoms with Crippen LogP contribution in [0.5, 0.6) is 0 Å². The number of ether oxygens (including phenoxy) is 4. The van der Waals surface area contributed by atoms with Gasteiger partial charge in [-0.2, -0.15) is 4.31 Å². The van der Waals surface area contributed by atoms with Gasteiger partial charge in [0.2, 0.25) is 10.0 Å². The first-order chi connectivity index (χ1) is 23.0. The molecule has 1 aromatic heterocycles. The van der Waals surface area contributed by atoms with Gasteiger partial charge in [-0.1, -0.05) is 30.4 Å². The Morgan fingerprint density at radius 1 is 1.19 bits per heavy atom. The van der Waals surface area contributed by atoms with Crippen molar-refractivity contribution in [3.8, 4) is 0 Å². The third kappa shape index (κ3) is 6.65. The number of alkyl carbamates (subject to hydrolysis) is 1. The maximum absolute atomic E-state index is 14.3. The molecule has 5 aliphatic rings. The van der Waals surface area contributed by atoms with Crippen LogP contribution in [0.1, 0.15) is 38.2 Å². The van der Waals surface area contributed by atoms with Crippen molar-refractivity contribution in [2.75, 3.05) is 31.6 Å². The summed E-state index contributed by atoms with van der Waals surface area (Å²) in [6.07, 6.45) is 0.114. The molecule has 2 aliphatic carbocycles. The molecule has 3 aromatic rings. The summed E-state index contributed by atoms with van der Waals surface area (Å²) in [5.41, 5.74) is 1.15. The summed E-state index contributed by atoms with van der Waals surface area (Å²) in [6.45, 7) is 2.52. The molecule has 2 aromatic carbocycles. The lowest BCUT2D eigenvalue weighted by molar-refractivity contribution is -0.231. The fourth-order valence-corrected chi connectivity index (χ4v) is 9.45. The lowest BCUT2D eigenvalue weighted by Crippen LogP contribution is -2.52. The summed E-state index contributed by atoms with van der Waals surface area (Å²) >= 11 is 1.42. The number of aliphatic hydroxyl groups excluding tert-OH is 1. The van der Waals surface area contributed by atoms with Crippen molar-refractivity contribution in [1.82, 2.24) is 14.6 Å². The third-order valence-electron chi connectivity index (χ3n) is 10.0. The number of sulfonamides is 1. The normalized spacial score (nSPS) is 28.4. The predicted molar refractivity (Wildman–Crippen MR) is 174 cm³/mol. The van der Waals surface area contributed by atoms with E-state index < -0.39 is 52.6 Å². The molecule has 1 amide bonds. The van der Waals surface area contributed by atoms with Gasteiger partial charge < -0.3 is 34.7 Å². The molecular formula is C33H39FN4O8S2. The number of hydrogen-bond acceptors (Lipinski definition) is 11. The first-order valence-electron chi connectivity index (χ1n) is 16.5. The molecule has 15 heteroatoms. The lowest BCUT2D eigenvalue weighted by Gasteiger charge is -2.32. The maximum Gasteiger partial charge on any atom is 0.407 e. The predicted octanol–water partition coefficient (Wildman–Crippen LogP) is 3.64. The average Bonchev–Trinajstić information content (AvgIpc) is 3.89. The van der Waals surface area contributed by atoms with E-state index in [2.05, 4.69) is 15.6 Å². The number of amides is 1. The van der Waals surface area contributed by atoms with Gasteiger partial charge in [0, 0.05) is 19.1 Å². The Balaban J connectivity index is 1.03. The second-order valence-corrected chi connectivity index (χ2v) is 17.0. The largest absolute Gasteiger partial charge is 0.443 e. The van der Waals surface area contributed by atoms with Crippen LogP contribution in [0, 0.1) is 17.2 Å². The van der Waals surface area contributed by atoms with Crippen molar-refractivity contribution < 1.29 is 41.7 Å². The topological polar surface area (TPSA) is 149 Å². The summed E-state index contributed by atoms with van der Waals surface area (Å²) in [5, 5.41) is 18.7. The smallest absolute Gasteiger partial charge is 0.407 e. The SMILES string of the molecule is CC1(CN(C[C@@H](O)[C@H](Cc2ccc(F)cc2)NC(=O)OC2C3COC4OCC2C4O3)S(=O)(=O)c2ccc3nc(NC4CC4)sc3c2)CC1. The van der Waals surface area contributed by atoms with Crippen LogP contribution in [-0.4, -0.2) is 98.0 Å². The Morgan fingerprint density at radius 2 is 1.96 bits per heavy atom. The van der Waals surface area contributed by atoms with Crippen LogP contribution < -0.4 is 10.6 Å². The molecule has 3 saturated heterocycles. The highest BCUT2D eigenvalue weighted by molar-refractivity contribution is 7.89. The van der Waals surface area contributed by atoms with E-state index in [1.807, 2.05) is 6.92 Å². The number of halogens is 1. The highest BCUT2D eigenvalue weighted by Gasteiger charge is 2.58. The maximum atomic E-state index is 14.3. The highest BCUT2D eigenvalue weighted by Crippen LogP contribution is 2.46. The minimum Gasteiger partial charge on any atom is -0.443 e. The van der Waals surface area contributed by atoms with Crippen LogP contribution in [-0.2, 0) is 35.4 Å². The molecule has 5 unspecified atom stereocenters. The van der Waals surface area contributed by atoms with E-state index in [1.54, 1.807) is 30.3 Å². The van der Waals surface area contributed by atoms with Gasteiger partial charge in [-0.3, -0.25) is 0 Å². The Kier molecular flexibility index (Phi) is 8.37. The third-order valence-corrected chi connectivity index (χ3v) is 12.8. The number of nitrogens with one attached hydrogen (secondary N) is 2. The molecule has 8 rings (SSSR count). The van der Waals surface area contributed by atoms with Crippen molar-refractivity contribution in [3.05, 3.63) is 53.8 Å². The average molecular weight is 703 g/mol. The number of carbonyl (C=O) groups is 1. The molecule has 7 atom stereocenters. The number of thiazole rings is 1. The van der Waals surface area contributed by atoms with Crippen molar-refractivity contribution in [2.45, 2.75) is 86.7 Å². The molecule has 3 N–H and O–H groups in total. The summed E-state index contributed by atoms with van der Waals surface area (Å²) in [7, 11) is -4.06. The second-order valence-electron chi connectivity index (χ2n) is 14.0. The van der Waals surface area contributed by atoms with Crippen molar-refractivity contribution in [1.29, 1.82) is 0 Å². The quantitative estimate of drug-likeness (QED) is 0.241. The van der Waals surface area contributed by atoms with Gasteiger partial charge in [0.1, 0.15) is 24.1 Å². The molecule has 5 fully saturated rings. The summed E-state index contributed by atoms with van der Waals surface area (Å²) in [4.78, 5) is 18.1. The van der Waals surface area contributed by atoms with Gasteiger partial charge in [0.15, 0.2) is 11.4 Å². The van der Waals surface area contributed by atoms with E-state index in [9.17, 15) is 22.7 Å².